The van der Waals surface area contributed by atoms with Crippen LogP contribution in [0, 0.1) is 6.92 Å². The summed E-state index contributed by atoms with van der Waals surface area (Å²) < 4.78 is 4.20. The van der Waals surface area contributed by atoms with E-state index in [0.29, 0.717) is 0 Å². The molecule has 11 heavy (non-hydrogen) atoms. The van der Waals surface area contributed by atoms with Gasteiger partial charge in [-0.2, -0.15) is 4.37 Å². The number of anilines is 1. The first kappa shape index (κ1) is 8.53. The van der Waals surface area contributed by atoms with E-state index in [9.17, 15) is 0 Å². The predicted octanol–water partition coefficient (Wildman–Crippen LogP) is 2.33. The zero-order chi connectivity index (χ0) is 8.65. The summed E-state index contributed by atoms with van der Waals surface area (Å²) in [5.41, 5.74) is 7.79. The Morgan fingerprint density at radius 2 is 1.91 bits per heavy atom. The molecule has 1 rings (SSSR count). The van der Waals surface area contributed by atoms with Crippen molar-refractivity contribution in [3.63, 3.8) is 0 Å². The molecule has 0 aliphatic carbocycles. The second-order valence-electron chi connectivity index (χ2n) is 3.76. The predicted molar refractivity (Wildman–Crippen MR) is 50.0 cm³/mol. The fourth-order valence-electron chi connectivity index (χ4n) is 0.918. The van der Waals surface area contributed by atoms with Crippen LogP contribution in [-0.4, -0.2) is 4.37 Å². The summed E-state index contributed by atoms with van der Waals surface area (Å²) in [6.45, 7) is 8.39. The van der Waals surface area contributed by atoms with Crippen LogP contribution in [0.4, 0.5) is 5.69 Å². The molecule has 0 aliphatic rings. The Kier molecular flexibility index (Phi) is 1.92. The highest BCUT2D eigenvalue weighted by atomic mass is 32.1. The summed E-state index contributed by atoms with van der Waals surface area (Å²) in [7, 11) is 0. The SMILES string of the molecule is Cc1nsc(C(C)(C)C)c1N. The number of nitrogens with two attached hydrogens (primary N) is 1. The van der Waals surface area contributed by atoms with Crippen LogP contribution in [0.3, 0.4) is 0 Å². The maximum absolute atomic E-state index is 5.84. The van der Waals surface area contributed by atoms with Crippen molar-refractivity contribution in [2.75, 3.05) is 5.73 Å². The van der Waals surface area contributed by atoms with Crippen molar-refractivity contribution in [3.8, 4) is 0 Å². The van der Waals surface area contributed by atoms with E-state index in [2.05, 4.69) is 25.1 Å². The zero-order valence-electron chi connectivity index (χ0n) is 7.43. The van der Waals surface area contributed by atoms with E-state index in [1.54, 1.807) is 0 Å². The molecular weight excluding hydrogens is 156 g/mol. The molecule has 0 bridgehead atoms. The van der Waals surface area contributed by atoms with Crippen molar-refractivity contribution in [1.82, 2.24) is 4.37 Å². The lowest BCUT2D eigenvalue weighted by molar-refractivity contribution is 0.606. The number of aryl methyl sites for hydroxylation is 1. The molecule has 0 amide bonds. The summed E-state index contributed by atoms with van der Waals surface area (Å²) in [5.74, 6) is 0. The molecule has 0 spiro atoms. The average Bonchev–Trinajstić information content (AvgIpc) is 2.11. The first-order valence-corrected chi connectivity index (χ1v) is 4.42. The van der Waals surface area contributed by atoms with Gasteiger partial charge in [0.25, 0.3) is 0 Å². The highest BCUT2D eigenvalue weighted by Gasteiger charge is 2.20. The van der Waals surface area contributed by atoms with Crippen molar-refractivity contribution in [2.24, 2.45) is 0 Å². The first-order valence-electron chi connectivity index (χ1n) is 3.65. The molecular formula is C8H14N2S. The fourth-order valence-corrected chi connectivity index (χ4v) is 1.76. The molecule has 0 radical (unpaired) electrons. The highest BCUT2D eigenvalue weighted by Crippen LogP contribution is 2.32. The zero-order valence-corrected chi connectivity index (χ0v) is 8.25. The molecule has 0 saturated heterocycles. The second kappa shape index (κ2) is 2.48. The van der Waals surface area contributed by atoms with Crippen molar-refractivity contribution in [3.05, 3.63) is 10.6 Å². The molecule has 1 aromatic heterocycles. The summed E-state index contributed by atoms with van der Waals surface area (Å²) in [5, 5.41) is 0. The molecule has 0 unspecified atom stereocenters. The van der Waals surface area contributed by atoms with E-state index in [-0.39, 0.29) is 5.41 Å². The van der Waals surface area contributed by atoms with Gasteiger partial charge in [0.2, 0.25) is 0 Å². The van der Waals surface area contributed by atoms with Gasteiger partial charge in [0.05, 0.1) is 16.3 Å². The van der Waals surface area contributed by atoms with Gasteiger partial charge in [-0.25, -0.2) is 0 Å². The molecule has 1 heterocycles. The van der Waals surface area contributed by atoms with Crippen LogP contribution in [0.25, 0.3) is 0 Å². The third-order valence-electron chi connectivity index (χ3n) is 1.59. The summed E-state index contributed by atoms with van der Waals surface area (Å²) >= 11 is 1.51. The molecule has 62 valence electrons. The van der Waals surface area contributed by atoms with E-state index in [1.165, 1.54) is 16.4 Å². The molecule has 0 saturated carbocycles. The van der Waals surface area contributed by atoms with Gasteiger partial charge in [0.15, 0.2) is 0 Å². The minimum Gasteiger partial charge on any atom is -0.396 e. The van der Waals surface area contributed by atoms with E-state index >= 15 is 0 Å². The first-order chi connectivity index (χ1) is 4.93. The fraction of sp³-hybridized carbons (Fsp3) is 0.625. The Balaban J connectivity index is 3.15. The molecule has 0 atom stereocenters. The molecule has 0 aliphatic heterocycles. The van der Waals surface area contributed by atoms with Crippen molar-refractivity contribution in [1.29, 1.82) is 0 Å². The monoisotopic (exact) mass is 170 g/mol. The summed E-state index contributed by atoms with van der Waals surface area (Å²) in [6.07, 6.45) is 0. The Labute approximate surface area is 71.6 Å². The van der Waals surface area contributed by atoms with E-state index in [0.717, 1.165) is 11.4 Å². The minimum atomic E-state index is 0.135. The molecule has 2 nitrogen and oxygen atoms in total. The summed E-state index contributed by atoms with van der Waals surface area (Å²) in [4.78, 5) is 1.19. The Morgan fingerprint density at radius 1 is 1.36 bits per heavy atom. The van der Waals surface area contributed by atoms with Crippen LogP contribution in [0.2, 0.25) is 0 Å². The van der Waals surface area contributed by atoms with Crippen molar-refractivity contribution >= 4 is 17.2 Å². The lowest BCUT2D eigenvalue weighted by Gasteiger charge is -2.16. The van der Waals surface area contributed by atoms with Gasteiger partial charge < -0.3 is 5.73 Å². The van der Waals surface area contributed by atoms with Crippen LogP contribution in [-0.2, 0) is 5.41 Å². The van der Waals surface area contributed by atoms with Gasteiger partial charge in [-0.1, -0.05) is 20.8 Å². The topological polar surface area (TPSA) is 38.9 Å². The van der Waals surface area contributed by atoms with Gasteiger partial charge in [-0.15, -0.1) is 0 Å². The van der Waals surface area contributed by atoms with Crippen LogP contribution >= 0.6 is 11.5 Å². The molecule has 0 aromatic carbocycles. The number of hydrogen-bond acceptors (Lipinski definition) is 3. The van der Waals surface area contributed by atoms with E-state index in [1.807, 2.05) is 6.92 Å². The van der Waals surface area contributed by atoms with Crippen molar-refractivity contribution in [2.45, 2.75) is 33.1 Å². The van der Waals surface area contributed by atoms with Crippen LogP contribution in [0.15, 0.2) is 0 Å². The van der Waals surface area contributed by atoms with Crippen molar-refractivity contribution < 1.29 is 0 Å². The minimum absolute atomic E-state index is 0.135. The lowest BCUT2D eigenvalue weighted by Crippen LogP contribution is -2.11. The number of hydrogen-bond donors (Lipinski definition) is 1. The van der Waals surface area contributed by atoms with Crippen LogP contribution in [0.1, 0.15) is 31.3 Å². The summed E-state index contributed by atoms with van der Waals surface area (Å²) in [6, 6.07) is 0. The molecule has 2 N–H and O–H groups in total. The molecule has 3 heteroatoms. The standard InChI is InChI=1S/C8H14N2S/c1-5-6(9)7(11-10-5)8(2,3)4/h9H2,1-4H3. The third kappa shape index (κ3) is 1.53. The average molecular weight is 170 g/mol. The smallest absolute Gasteiger partial charge is 0.0743 e. The third-order valence-corrected chi connectivity index (χ3v) is 2.97. The maximum atomic E-state index is 5.84. The van der Waals surface area contributed by atoms with Crippen LogP contribution in [0.5, 0.6) is 0 Å². The number of nitrogen functional groups attached to an aromatic ring is 1. The number of aromatic nitrogens is 1. The number of rotatable bonds is 0. The van der Waals surface area contributed by atoms with Gasteiger partial charge in [0, 0.05) is 0 Å². The van der Waals surface area contributed by atoms with Gasteiger partial charge >= 0.3 is 0 Å². The Hall–Kier alpha value is -0.570. The number of nitrogens with zero attached hydrogens (tertiary/aromatic N) is 1. The quantitative estimate of drug-likeness (QED) is 0.649. The van der Waals surface area contributed by atoms with E-state index < -0.39 is 0 Å². The van der Waals surface area contributed by atoms with E-state index in [4.69, 9.17) is 5.73 Å². The highest BCUT2D eigenvalue weighted by molar-refractivity contribution is 7.06. The Bertz CT molecular complexity index is 258. The van der Waals surface area contributed by atoms with Gasteiger partial charge in [0.1, 0.15) is 0 Å². The normalized spacial score (nSPS) is 12.0. The lowest BCUT2D eigenvalue weighted by atomic mass is 9.93. The largest absolute Gasteiger partial charge is 0.396 e. The van der Waals surface area contributed by atoms with Gasteiger partial charge in [-0.05, 0) is 23.9 Å². The van der Waals surface area contributed by atoms with Gasteiger partial charge in [-0.3, -0.25) is 0 Å². The second-order valence-corrected chi connectivity index (χ2v) is 4.53. The van der Waals surface area contributed by atoms with Crippen LogP contribution < -0.4 is 5.73 Å². The molecule has 1 aromatic rings. The Morgan fingerprint density at radius 3 is 2.09 bits per heavy atom. The molecule has 0 fully saturated rings. The maximum Gasteiger partial charge on any atom is 0.0743 e.